The number of amides is 1. The first-order valence-corrected chi connectivity index (χ1v) is 10.3. The second-order valence-corrected chi connectivity index (χ2v) is 7.96. The van der Waals surface area contributed by atoms with Crippen LogP contribution in [-0.4, -0.2) is 15.8 Å². The van der Waals surface area contributed by atoms with E-state index in [1.165, 1.54) is 10.9 Å². The second kappa shape index (κ2) is 7.41. The van der Waals surface area contributed by atoms with Gasteiger partial charge in [0.1, 0.15) is 0 Å². The van der Waals surface area contributed by atoms with Crippen molar-refractivity contribution in [3.8, 4) is 11.3 Å². The zero-order valence-electron chi connectivity index (χ0n) is 15.9. The monoisotopic (exact) mass is 400 g/mol. The molecule has 1 aliphatic heterocycles. The summed E-state index contributed by atoms with van der Waals surface area (Å²) in [5.41, 5.74) is 5.59. The lowest BCUT2D eigenvalue weighted by atomic mass is 9.97. The summed E-state index contributed by atoms with van der Waals surface area (Å²) >= 11 is 6.11. The molecule has 1 amide bonds. The van der Waals surface area contributed by atoms with Crippen LogP contribution in [0, 0.1) is 0 Å². The van der Waals surface area contributed by atoms with Crippen molar-refractivity contribution in [1.82, 2.24) is 9.88 Å². The van der Waals surface area contributed by atoms with Gasteiger partial charge < -0.3 is 9.88 Å². The van der Waals surface area contributed by atoms with Gasteiger partial charge >= 0.3 is 0 Å². The van der Waals surface area contributed by atoms with Crippen LogP contribution in [0.25, 0.3) is 22.2 Å². The lowest BCUT2D eigenvalue weighted by molar-refractivity contribution is -0.129. The van der Waals surface area contributed by atoms with Gasteiger partial charge in [0.25, 0.3) is 0 Å². The molecule has 4 aromatic rings. The summed E-state index contributed by atoms with van der Waals surface area (Å²) in [6.07, 6.45) is 1.41. The van der Waals surface area contributed by atoms with Gasteiger partial charge in [0.2, 0.25) is 5.91 Å². The van der Waals surface area contributed by atoms with Gasteiger partial charge in [0.15, 0.2) is 0 Å². The molecule has 0 bridgehead atoms. The molecule has 5 rings (SSSR count). The van der Waals surface area contributed by atoms with E-state index in [0.717, 1.165) is 28.8 Å². The number of hydrogen-bond acceptors (Lipinski definition) is 1. The number of aromatic amines is 1. The molecular formula is C25H21ClN2O. The van der Waals surface area contributed by atoms with E-state index in [2.05, 4.69) is 35.3 Å². The molecule has 144 valence electrons. The van der Waals surface area contributed by atoms with Crippen LogP contribution in [0.1, 0.15) is 30.0 Å². The summed E-state index contributed by atoms with van der Waals surface area (Å²) in [5, 5.41) is 1.89. The molecule has 1 fully saturated rings. The smallest absolute Gasteiger partial charge is 0.223 e. The van der Waals surface area contributed by atoms with Crippen molar-refractivity contribution in [2.24, 2.45) is 0 Å². The third-order valence-electron chi connectivity index (χ3n) is 5.74. The fraction of sp³-hybridized carbons (Fsp3) is 0.160. The number of likely N-dealkylation sites (tertiary alicyclic amines) is 1. The number of hydrogen-bond donors (Lipinski definition) is 1. The molecule has 0 saturated carbocycles. The molecule has 1 aliphatic rings. The highest BCUT2D eigenvalue weighted by Gasteiger charge is 2.35. The van der Waals surface area contributed by atoms with Crippen molar-refractivity contribution < 1.29 is 4.79 Å². The standard InChI is InChI=1S/C25H21ClN2O/c26-19-12-10-18(11-13-19)25-24(20-8-4-5-9-21(20)27-25)22-14-15-23(29)28(22)16-17-6-2-1-3-7-17/h1-13,22,27H,14-16H2. The average molecular weight is 401 g/mol. The maximum absolute atomic E-state index is 12.8. The Morgan fingerprint density at radius 1 is 0.931 bits per heavy atom. The third-order valence-corrected chi connectivity index (χ3v) is 5.99. The van der Waals surface area contributed by atoms with Gasteiger partial charge in [-0.05, 0) is 35.7 Å². The Bertz CT molecular complexity index is 1160. The summed E-state index contributed by atoms with van der Waals surface area (Å²) in [7, 11) is 0. The average Bonchev–Trinajstić information content (AvgIpc) is 3.30. The van der Waals surface area contributed by atoms with Gasteiger partial charge in [-0.3, -0.25) is 4.79 Å². The molecule has 1 unspecified atom stereocenters. The Morgan fingerprint density at radius 2 is 1.66 bits per heavy atom. The number of nitrogens with one attached hydrogen (secondary N) is 1. The van der Waals surface area contributed by atoms with E-state index in [1.54, 1.807) is 0 Å². The Labute approximate surface area is 174 Å². The van der Waals surface area contributed by atoms with Crippen LogP contribution in [0.5, 0.6) is 0 Å². The number of carbonyl (C=O) groups excluding carboxylic acids is 1. The Kier molecular flexibility index (Phi) is 4.61. The largest absolute Gasteiger partial charge is 0.354 e. The van der Waals surface area contributed by atoms with E-state index < -0.39 is 0 Å². The number of halogens is 1. The van der Waals surface area contributed by atoms with Crippen molar-refractivity contribution in [1.29, 1.82) is 0 Å². The number of aromatic nitrogens is 1. The van der Waals surface area contributed by atoms with E-state index >= 15 is 0 Å². The number of carbonyl (C=O) groups is 1. The van der Waals surface area contributed by atoms with Crippen molar-refractivity contribution in [3.63, 3.8) is 0 Å². The van der Waals surface area contributed by atoms with Crippen LogP contribution in [0.2, 0.25) is 5.02 Å². The molecule has 1 atom stereocenters. The molecule has 1 aromatic heterocycles. The number of H-pyrrole nitrogens is 1. The van der Waals surface area contributed by atoms with Gasteiger partial charge in [-0.15, -0.1) is 0 Å². The summed E-state index contributed by atoms with van der Waals surface area (Å²) in [4.78, 5) is 18.4. The SMILES string of the molecule is O=C1CCC(c2c(-c3ccc(Cl)cc3)[nH]c3ccccc23)N1Cc1ccccc1. The quantitative estimate of drug-likeness (QED) is 0.425. The maximum Gasteiger partial charge on any atom is 0.223 e. The van der Waals surface area contributed by atoms with E-state index in [-0.39, 0.29) is 11.9 Å². The molecule has 0 aliphatic carbocycles. The zero-order valence-corrected chi connectivity index (χ0v) is 16.7. The van der Waals surface area contributed by atoms with Crippen LogP contribution < -0.4 is 0 Å². The van der Waals surface area contributed by atoms with Crippen molar-refractivity contribution in [3.05, 3.63) is 95.0 Å². The van der Waals surface area contributed by atoms with Crippen molar-refractivity contribution in [2.75, 3.05) is 0 Å². The van der Waals surface area contributed by atoms with E-state index in [4.69, 9.17) is 11.6 Å². The Balaban J connectivity index is 1.64. The van der Waals surface area contributed by atoms with Crippen LogP contribution >= 0.6 is 11.6 Å². The fourth-order valence-corrected chi connectivity index (χ4v) is 4.49. The number of rotatable bonds is 4. The minimum absolute atomic E-state index is 0.0459. The lowest BCUT2D eigenvalue weighted by Crippen LogP contribution is -2.27. The predicted octanol–water partition coefficient (Wildman–Crippen LogP) is 6.35. The van der Waals surface area contributed by atoms with Gasteiger partial charge in [-0.1, -0.05) is 72.3 Å². The molecule has 3 aromatic carbocycles. The molecular weight excluding hydrogens is 380 g/mol. The number of benzene rings is 3. The molecule has 4 heteroatoms. The minimum Gasteiger partial charge on any atom is -0.354 e. The maximum atomic E-state index is 12.8. The van der Waals surface area contributed by atoms with Crippen molar-refractivity contribution in [2.45, 2.75) is 25.4 Å². The normalized spacial score (nSPS) is 16.7. The first-order chi connectivity index (χ1) is 14.2. The van der Waals surface area contributed by atoms with Crippen LogP contribution in [0.3, 0.4) is 0 Å². The number of para-hydroxylation sites is 1. The minimum atomic E-state index is 0.0459. The second-order valence-electron chi connectivity index (χ2n) is 7.53. The van der Waals surface area contributed by atoms with Gasteiger partial charge in [0.05, 0.1) is 11.7 Å². The van der Waals surface area contributed by atoms with E-state index in [0.29, 0.717) is 18.0 Å². The van der Waals surface area contributed by atoms with Gasteiger partial charge in [-0.2, -0.15) is 0 Å². The highest BCUT2D eigenvalue weighted by atomic mass is 35.5. The number of nitrogens with zero attached hydrogens (tertiary/aromatic N) is 1. The van der Waals surface area contributed by atoms with Gasteiger partial charge in [0, 0.05) is 34.5 Å². The van der Waals surface area contributed by atoms with E-state index in [9.17, 15) is 4.79 Å². The molecule has 1 N–H and O–H groups in total. The fourth-order valence-electron chi connectivity index (χ4n) is 4.37. The molecule has 0 spiro atoms. The van der Waals surface area contributed by atoms with Crippen molar-refractivity contribution >= 4 is 28.4 Å². The Morgan fingerprint density at radius 3 is 2.45 bits per heavy atom. The van der Waals surface area contributed by atoms with E-state index in [1.807, 2.05) is 53.4 Å². The zero-order chi connectivity index (χ0) is 19.8. The summed E-state index contributed by atoms with van der Waals surface area (Å²) in [6, 6.07) is 26.5. The van der Waals surface area contributed by atoms with Gasteiger partial charge in [-0.25, -0.2) is 0 Å². The first-order valence-electron chi connectivity index (χ1n) is 9.90. The summed E-state index contributed by atoms with van der Waals surface area (Å²) in [6.45, 7) is 0.629. The number of fused-ring (bicyclic) bond motifs is 1. The first kappa shape index (κ1) is 18.0. The molecule has 0 radical (unpaired) electrons. The molecule has 29 heavy (non-hydrogen) atoms. The Hall–Kier alpha value is -3.04. The van der Waals surface area contributed by atoms with Crippen LogP contribution in [0.15, 0.2) is 78.9 Å². The topological polar surface area (TPSA) is 36.1 Å². The highest BCUT2D eigenvalue weighted by Crippen LogP contribution is 2.43. The van der Waals surface area contributed by atoms with Crippen LogP contribution in [-0.2, 0) is 11.3 Å². The van der Waals surface area contributed by atoms with Crippen LogP contribution in [0.4, 0.5) is 0 Å². The lowest BCUT2D eigenvalue weighted by Gasteiger charge is -2.26. The summed E-state index contributed by atoms with van der Waals surface area (Å²) < 4.78 is 0. The highest BCUT2D eigenvalue weighted by molar-refractivity contribution is 6.30. The molecule has 3 nitrogen and oxygen atoms in total. The molecule has 1 saturated heterocycles. The molecule has 2 heterocycles. The third kappa shape index (κ3) is 3.32. The summed E-state index contributed by atoms with van der Waals surface area (Å²) in [5.74, 6) is 0.214. The predicted molar refractivity (Wildman–Crippen MR) is 118 cm³/mol.